The molecule has 1 aromatic carbocycles. The first kappa shape index (κ1) is 23.0. The van der Waals surface area contributed by atoms with E-state index in [2.05, 4.69) is 22.0 Å². The summed E-state index contributed by atoms with van der Waals surface area (Å²) in [6, 6.07) is 9.90. The third-order valence-corrected chi connectivity index (χ3v) is 5.09. The summed E-state index contributed by atoms with van der Waals surface area (Å²) in [5.74, 6) is 2.00. The van der Waals surface area contributed by atoms with E-state index in [4.69, 9.17) is 9.73 Å². The molecule has 0 aliphatic carbocycles. The molecule has 0 saturated carbocycles. The average molecular weight is 404 g/mol. The van der Waals surface area contributed by atoms with Gasteiger partial charge in [-0.25, -0.2) is 0 Å². The Morgan fingerprint density at radius 1 is 1.28 bits per heavy atom. The minimum absolute atomic E-state index is 0.0417. The SMILES string of the molecule is CCNC(=NCCCN1CCCC1C(=O)N(C)C)N(C)CCOc1ccccc1. The number of rotatable bonds is 10. The van der Waals surface area contributed by atoms with Gasteiger partial charge in [0.25, 0.3) is 0 Å². The number of para-hydroxylation sites is 1. The summed E-state index contributed by atoms with van der Waals surface area (Å²) in [5.41, 5.74) is 0. The molecular formula is C22H37N5O2. The van der Waals surface area contributed by atoms with Crippen molar-refractivity contribution in [2.45, 2.75) is 32.2 Å². The topological polar surface area (TPSA) is 60.4 Å². The van der Waals surface area contributed by atoms with E-state index in [1.807, 2.05) is 51.5 Å². The van der Waals surface area contributed by atoms with Crippen LogP contribution in [0.1, 0.15) is 26.2 Å². The number of likely N-dealkylation sites (tertiary alicyclic amines) is 1. The Balaban J connectivity index is 1.76. The molecular weight excluding hydrogens is 366 g/mol. The van der Waals surface area contributed by atoms with Gasteiger partial charge < -0.3 is 19.9 Å². The predicted octanol–water partition coefficient (Wildman–Crippen LogP) is 1.91. The van der Waals surface area contributed by atoms with Crippen molar-refractivity contribution < 1.29 is 9.53 Å². The zero-order valence-corrected chi connectivity index (χ0v) is 18.4. The number of carbonyl (C=O) groups excluding carboxylic acids is 1. The number of hydrogen-bond acceptors (Lipinski definition) is 4. The number of benzene rings is 1. The maximum Gasteiger partial charge on any atom is 0.239 e. The first-order chi connectivity index (χ1) is 14.0. The van der Waals surface area contributed by atoms with Gasteiger partial charge in [-0.05, 0) is 44.9 Å². The van der Waals surface area contributed by atoms with Gasteiger partial charge in [0.1, 0.15) is 12.4 Å². The Morgan fingerprint density at radius 3 is 2.72 bits per heavy atom. The lowest BCUT2D eigenvalue weighted by Gasteiger charge is -2.26. The fourth-order valence-electron chi connectivity index (χ4n) is 3.52. The van der Waals surface area contributed by atoms with Gasteiger partial charge in [-0.1, -0.05) is 18.2 Å². The van der Waals surface area contributed by atoms with E-state index in [1.54, 1.807) is 4.90 Å². The molecule has 7 heteroatoms. The van der Waals surface area contributed by atoms with Crippen LogP contribution in [0.5, 0.6) is 5.75 Å². The second-order valence-electron chi connectivity index (χ2n) is 7.60. The maximum atomic E-state index is 12.3. The van der Waals surface area contributed by atoms with Gasteiger partial charge >= 0.3 is 0 Å². The van der Waals surface area contributed by atoms with E-state index in [1.165, 1.54) is 0 Å². The summed E-state index contributed by atoms with van der Waals surface area (Å²) in [5, 5.41) is 3.35. The number of carbonyl (C=O) groups is 1. The monoisotopic (exact) mass is 403 g/mol. The largest absolute Gasteiger partial charge is 0.492 e. The second kappa shape index (κ2) is 12.3. The molecule has 1 amide bonds. The molecule has 0 bridgehead atoms. The zero-order chi connectivity index (χ0) is 21.1. The Kier molecular flexibility index (Phi) is 9.77. The molecule has 1 unspecified atom stereocenters. The Bertz CT molecular complexity index is 635. The number of nitrogens with one attached hydrogen (secondary N) is 1. The summed E-state index contributed by atoms with van der Waals surface area (Å²) in [6.07, 6.45) is 3.01. The molecule has 1 heterocycles. The third-order valence-electron chi connectivity index (χ3n) is 5.09. The highest BCUT2D eigenvalue weighted by Crippen LogP contribution is 2.18. The lowest BCUT2D eigenvalue weighted by atomic mass is 10.2. The van der Waals surface area contributed by atoms with Crippen LogP contribution in [0.4, 0.5) is 0 Å². The normalized spacial score (nSPS) is 17.2. The van der Waals surface area contributed by atoms with Crippen molar-refractivity contribution >= 4 is 11.9 Å². The van der Waals surface area contributed by atoms with Crippen LogP contribution < -0.4 is 10.1 Å². The van der Waals surface area contributed by atoms with Crippen LogP contribution in [-0.4, -0.2) is 93.1 Å². The summed E-state index contributed by atoms with van der Waals surface area (Å²) in [7, 11) is 5.70. The Labute approximate surface area is 175 Å². The van der Waals surface area contributed by atoms with E-state index >= 15 is 0 Å². The number of guanidine groups is 1. The summed E-state index contributed by atoms with van der Waals surface area (Å²) >= 11 is 0. The maximum absolute atomic E-state index is 12.3. The molecule has 1 aliphatic rings. The number of hydrogen-bond donors (Lipinski definition) is 1. The van der Waals surface area contributed by atoms with Crippen molar-refractivity contribution in [3.8, 4) is 5.75 Å². The highest BCUT2D eigenvalue weighted by Gasteiger charge is 2.30. The molecule has 29 heavy (non-hydrogen) atoms. The highest BCUT2D eigenvalue weighted by molar-refractivity contribution is 5.81. The van der Waals surface area contributed by atoms with Crippen molar-refractivity contribution in [1.29, 1.82) is 0 Å². The first-order valence-corrected chi connectivity index (χ1v) is 10.7. The molecule has 1 fully saturated rings. The van der Waals surface area contributed by atoms with Crippen LogP contribution in [0, 0.1) is 0 Å². The molecule has 2 rings (SSSR count). The standard InChI is InChI=1S/C22H37N5O2/c1-5-23-22(26(4)17-18-29-19-11-7-6-8-12-19)24-14-10-16-27-15-9-13-20(27)21(28)25(2)3/h6-8,11-12,20H,5,9-10,13-18H2,1-4H3,(H,23,24). The van der Waals surface area contributed by atoms with E-state index in [0.29, 0.717) is 6.61 Å². The van der Waals surface area contributed by atoms with Crippen LogP contribution in [0.3, 0.4) is 0 Å². The quantitative estimate of drug-likeness (QED) is 0.367. The van der Waals surface area contributed by atoms with Crippen LogP contribution in [0.15, 0.2) is 35.3 Å². The number of nitrogens with zero attached hydrogens (tertiary/aromatic N) is 4. The van der Waals surface area contributed by atoms with Crippen LogP contribution in [0.25, 0.3) is 0 Å². The smallest absolute Gasteiger partial charge is 0.239 e. The van der Waals surface area contributed by atoms with Crippen LogP contribution in [0.2, 0.25) is 0 Å². The fourth-order valence-corrected chi connectivity index (χ4v) is 3.52. The summed E-state index contributed by atoms with van der Waals surface area (Å²) in [4.78, 5) is 23.2. The first-order valence-electron chi connectivity index (χ1n) is 10.7. The van der Waals surface area contributed by atoms with Crippen LogP contribution in [-0.2, 0) is 4.79 Å². The average Bonchev–Trinajstić information content (AvgIpc) is 3.18. The molecule has 0 radical (unpaired) electrons. The lowest BCUT2D eigenvalue weighted by Crippen LogP contribution is -2.43. The molecule has 1 N–H and O–H groups in total. The minimum atomic E-state index is 0.0417. The van der Waals surface area contributed by atoms with Gasteiger partial charge in [-0.2, -0.15) is 0 Å². The van der Waals surface area contributed by atoms with Gasteiger partial charge in [0.05, 0.1) is 12.6 Å². The van der Waals surface area contributed by atoms with E-state index in [9.17, 15) is 4.79 Å². The molecule has 162 valence electrons. The van der Waals surface area contributed by atoms with Gasteiger partial charge in [0.15, 0.2) is 5.96 Å². The molecule has 7 nitrogen and oxygen atoms in total. The van der Waals surface area contributed by atoms with Gasteiger partial charge in [-0.15, -0.1) is 0 Å². The van der Waals surface area contributed by atoms with E-state index in [0.717, 1.165) is 63.7 Å². The van der Waals surface area contributed by atoms with E-state index < -0.39 is 0 Å². The van der Waals surface area contributed by atoms with Crippen molar-refractivity contribution in [1.82, 2.24) is 20.0 Å². The molecule has 0 spiro atoms. The Morgan fingerprint density at radius 2 is 2.03 bits per heavy atom. The minimum Gasteiger partial charge on any atom is -0.492 e. The van der Waals surface area contributed by atoms with E-state index in [-0.39, 0.29) is 11.9 Å². The zero-order valence-electron chi connectivity index (χ0n) is 18.4. The van der Waals surface area contributed by atoms with Gasteiger partial charge in [-0.3, -0.25) is 14.7 Å². The number of ether oxygens (including phenoxy) is 1. The number of likely N-dealkylation sites (N-methyl/N-ethyl adjacent to an activating group) is 2. The molecule has 1 aliphatic heterocycles. The number of aliphatic imine (C=N–C) groups is 1. The second-order valence-corrected chi connectivity index (χ2v) is 7.60. The summed E-state index contributed by atoms with van der Waals surface area (Å²) in [6.45, 7) is 6.92. The lowest BCUT2D eigenvalue weighted by molar-refractivity contribution is -0.133. The number of amides is 1. The fraction of sp³-hybridized carbons (Fsp3) is 0.636. The van der Waals surface area contributed by atoms with Crippen molar-refractivity contribution in [2.24, 2.45) is 4.99 Å². The van der Waals surface area contributed by atoms with Gasteiger partial charge in [0.2, 0.25) is 5.91 Å². The van der Waals surface area contributed by atoms with Crippen molar-refractivity contribution in [3.63, 3.8) is 0 Å². The molecule has 0 aromatic heterocycles. The molecule has 1 atom stereocenters. The van der Waals surface area contributed by atoms with Crippen molar-refractivity contribution in [2.75, 3.05) is 60.5 Å². The van der Waals surface area contributed by atoms with Crippen molar-refractivity contribution in [3.05, 3.63) is 30.3 Å². The molecule has 1 saturated heterocycles. The van der Waals surface area contributed by atoms with Gasteiger partial charge in [0, 0.05) is 40.8 Å². The molecule has 1 aromatic rings. The Hall–Kier alpha value is -2.28. The highest BCUT2D eigenvalue weighted by atomic mass is 16.5. The third kappa shape index (κ3) is 7.57. The summed E-state index contributed by atoms with van der Waals surface area (Å²) < 4.78 is 5.78. The van der Waals surface area contributed by atoms with Crippen LogP contribution >= 0.6 is 0 Å². The predicted molar refractivity (Wildman–Crippen MR) is 118 cm³/mol.